The summed E-state index contributed by atoms with van der Waals surface area (Å²) in [6, 6.07) is 17.5. The number of nitrogens with zero attached hydrogens (tertiary/aromatic N) is 1. The van der Waals surface area contributed by atoms with Gasteiger partial charge in [-0.05, 0) is 24.0 Å². The Balaban J connectivity index is 1.89. The molecule has 1 unspecified atom stereocenters. The molecule has 1 atom stereocenters. The van der Waals surface area contributed by atoms with E-state index in [1.165, 1.54) is 5.56 Å². The molecule has 0 aromatic heterocycles. The lowest BCUT2D eigenvalue weighted by molar-refractivity contribution is -0.384. The molecule has 0 aliphatic heterocycles. The van der Waals surface area contributed by atoms with Gasteiger partial charge in [-0.2, -0.15) is 0 Å². The fourth-order valence-corrected chi connectivity index (χ4v) is 2.26. The monoisotopic (exact) mass is 284 g/mol. The molecule has 4 nitrogen and oxygen atoms in total. The molecular weight excluding hydrogens is 264 g/mol. The van der Waals surface area contributed by atoms with Crippen molar-refractivity contribution >= 4 is 5.69 Å². The van der Waals surface area contributed by atoms with E-state index in [1.54, 1.807) is 24.3 Å². The zero-order chi connectivity index (χ0) is 15.1. The number of hydrogen-bond donors (Lipinski definition) is 1. The Morgan fingerprint density at radius 2 is 1.71 bits per heavy atom. The average Bonchev–Trinajstić information content (AvgIpc) is 2.52. The van der Waals surface area contributed by atoms with E-state index < -0.39 is 0 Å². The summed E-state index contributed by atoms with van der Waals surface area (Å²) < 4.78 is 0. The smallest absolute Gasteiger partial charge is 0.269 e. The average molecular weight is 284 g/mol. The van der Waals surface area contributed by atoms with E-state index in [0.29, 0.717) is 6.04 Å². The third-order valence-corrected chi connectivity index (χ3v) is 3.56. The Hall–Kier alpha value is -2.20. The summed E-state index contributed by atoms with van der Waals surface area (Å²) in [6.07, 6.45) is 2.03. The van der Waals surface area contributed by atoms with E-state index in [0.717, 1.165) is 24.9 Å². The van der Waals surface area contributed by atoms with Gasteiger partial charge in [-0.15, -0.1) is 0 Å². The molecule has 0 fully saturated rings. The minimum Gasteiger partial charge on any atom is -0.310 e. The van der Waals surface area contributed by atoms with Gasteiger partial charge in [-0.3, -0.25) is 10.1 Å². The van der Waals surface area contributed by atoms with Crippen molar-refractivity contribution in [2.45, 2.75) is 32.4 Å². The number of nitro groups is 1. The van der Waals surface area contributed by atoms with Crippen LogP contribution in [0.15, 0.2) is 54.6 Å². The van der Waals surface area contributed by atoms with E-state index in [9.17, 15) is 10.1 Å². The Morgan fingerprint density at radius 3 is 2.29 bits per heavy atom. The second-order valence-corrected chi connectivity index (χ2v) is 5.10. The Morgan fingerprint density at radius 1 is 1.05 bits per heavy atom. The molecule has 110 valence electrons. The molecule has 2 rings (SSSR count). The molecule has 0 aliphatic carbocycles. The van der Waals surface area contributed by atoms with Crippen LogP contribution in [0.2, 0.25) is 0 Å². The van der Waals surface area contributed by atoms with Crippen LogP contribution < -0.4 is 5.32 Å². The van der Waals surface area contributed by atoms with Gasteiger partial charge in [0.1, 0.15) is 0 Å². The van der Waals surface area contributed by atoms with Crippen molar-refractivity contribution in [3.8, 4) is 0 Å². The fraction of sp³-hybridized carbons (Fsp3) is 0.294. The Labute approximate surface area is 125 Å². The molecule has 0 radical (unpaired) electrons. The van der Waals surface area contributed by atoms with Gasteiger partial charge < -0.3 is 5.32 Å². The number of rotatable bonds is 7. The predicted octanol–water partition coefficient (Wildman–Crippen LogP) is 3.71. The molecule has 4 heteroatoms. The van der Waals surface area contributed by atoms with E-state index in [1.807, 2.05) is 6.07 Å². The first-order valence-electron chi connectivity index (χ1n) is 7.19. The van der Waals surface area contributed by atoms with Crippen molar-refractivity contribution in [1.82, 2.24) is 5.32 Å². The van der Waals surface area contributed by atoms with Crippen molar-refractivity contribution in [1.29, 1.82) is 0 Å². The van der Waals surface area contributed by atoms with Crippen LogP contribution in [0.25, 0.3) is 0 Å². The SMILES string of the molecule is CCC(Cc1ccccc1)NCc1ccc([N+](=O)[O-])cc1. The van der Waals surface area contributed by atoms with Crippen molar-refractivity contribution in [2.75, 3.05) is 0 Å². The molecule has 2 aromatic rings. The van der Waals surface area contributed by atoms with Crippen molar-refractivity contribution < 1.29 is 4.92 Å². The maximum absolute atomic E-state index is 10.6. The number of nitro benzene ring substituents is 1. The number of non-ortho nitro benzene ring substituents is 1. The molecule has 0 spiro atoms. The van der Waals surface area contributed by atoms with E-state index in [2.05, 4.69) is 36.5 Å². The highest BCUT2D eigenvalue weighted by Gasteiger charge is 2.08. The maximum Gasteiger partial charge on any atom is 0.269 e. The van der Waals surface area contributed by atoms with Crippen LogP contribution in [0.4, 0.5) is 5.69 Å². The highest BCUT2D eigenvalue weighted by Crippen LogP contribution is 2.12. The molecule has 0 bridgehead atoms. The summed E-state index contributed by atoms with van der Waals surface area (Å²) in [5.74, 6) is 0. The molecule has 0 heterocycles. The van der Waals surface area contributed by atoms with Crippen molar-refractivity contribution in [2.24, 2.45) is 0 Å². The van der Waals surface area contributed by atoms with Crippen LogP contribution in [0.3, 0.4) is 0 Å². The van der Waals surface area contributed by atoms with Crippen LogP contribution in [-0.2, 0) is 13.0 Å². The summed E-state index contributed by atoms with van der Waals surface area (Å²) >= 11 is 0. The predicted molar refractivity (Wildman–Crippen MR) is 84.2 cm³/mol. The summed E-state index contributed by atoms with van der Waals surface area (Å²) in [5.41, 5.74) is 2.52. The largest absolute Gasteiger partial charge is 0.310 e. The van der Waals surface area contributed by atoms with Crippen molar-refractivity contribution in [3.05, 3.63) is 75.8 Å². The zero-order valence-corrected chi connectivity index (χ0v) is 12.2. The summed E-state index contributed by atoms with van der Waals surface area (Å²) in [7, 11) is 0. The third kappa shape index (κ3) is 4.68. The van der Waals surface area contributed by atoms with E-state index in [4.69, 9.17) is 0 Å². The van der Waals surface area contributed by atoms with Gasteiger partial charge in [-0.1, -0.05) is 49.4 Å². The van der Waals surface area contributed by atoms with Gasteiger partial charge >= 0.3 is 0 Å². The summed E-state index contributed by atoms with van der Waals surface area (Å²) in [4.78, 5) is 10.2. The summed E-state index contributed by atoms with van der Waals surface area (Å²) in [5, 5.41) is 14.1. The second kappa shape index (κ2) is 7.55. The Kier molecular flexibility index (Phi) is 5.46. The fourth-order valence-electron chi connectivity index (χ4n) is 2.26. The standard InChI is InChI=1S/C17H20N2O2/c1-2-16(12-14-6-4-3-5-7-14)18-13-15-8-10-17(11-9-15)19(20)21/h3-11,16,18H,2,12-13H2,1H3. The van der Waals surface area contributed by atoms with Crippen LogP contribution in [0.1, 0.15) is 24.5 Å². The lowest BCUT2D eigenvalue weighted by Gasteiger charge is -2.17. The lowest BCUT2D eigenvalue weighted by atomic mass is 10.0. The zero-order valence-electron chi connectivity index (χ0n) is 12.2. The van der Waals surface area contributed by atoms with Crippen LogP contribution in [0.5, 0.6) is 0 Å². The van der Waals surface area contributed by atoms with E-state index >= 15 is 0 Å². The normalized spacial score (nSPS) is 12.0. The first-order chi connectivity index (χ1) is 10.2. The minimum atomic E-state index is -0.374. The minimum absolute atomic E-state index is 0.134. The van der Waals surface area contributed by atoms with Crippen molar-refractivity contribution in [3.63, 3.8) is 0 Å². The summed E-state index contributed by atoms with van der Waals surface area (Å²) in [6.45, 7) is 2.89. The first kappa shape index (κ1) is 15.2. The van der Waals surface area contributed by atoms with Crippen LogP contribution in [0, 0.1) is 10.1 Å². The van der Waals surface area contributed by atoms with Gasteiger partial charge in [0.15, 0.2) is 0 Å². The van der Waals surface area contributed by atoms with Gasteiger partial charge in [0.25, 0.3) is 5.69 Å². The molecule has 0 aliphatic rings. The topological polar surface area (TPSA) is 55.2 Å². The molecular formula is C17H20N2O2. The maximum atomic E-state index is 10.6. The van der Waals surface area contributed by atoms with Gasteiger partial charge in [0.2, 0.25) is 0 Å². The Bertz CT molecular complexity index is 567. The molecule has 21 heavy (non-hydrogen) atoms. The lowest BCUT2D eigenvalue weighted by Crippen LogP contribution is -2.30. The molecule has 1 N–H and O–H groups in total. The van der Waals surface area contributed by atoms with Crippen LogP contribution >= 0.6 is 0 Å². The molecule has 2 aromatic carbocycles. The molecule has 0 saturated heterocycles. The number of nitrogens with one attached hydrogen (secondary N) is 1. The van der Waals surface area contributed by atoms with E-state index in [-0.39, 0.29) is 10.6 Å². The highest BCUT2D eigenvalue weighted by molar-refractivity contribution is 5.32. The third-order valence-electron chi connectivity index (χ3n) is 3.56. The van der Waals surface area contributed by atoms with Gasteiger partial charge in [0, 0.05) is 24.7 Å². The second-order valence-electron chi connectivity index (χ2n) is 5.10. The quantitative estimate of drug-likeness (QED) is 0.623. The van der Waals surface area contributed by atoms with Crippen LogP contribution in [-0.4, -0.2) is 11.0 Å². The molecule has 0 amide bonds. The number of benzene rings is 2. The van der Waals surface area contributed by atoms with Gasteiger partial charge in [0.05, 0.1) is 4.92 Å². The van der Waals surface area contributed by atoms with Gasteiger partial charge in [-0.25, -0.2) is 0 Å². The molecule has 0 saturated carbocycles. The highest BCUT2D eigenvalue weighted by atomic mass is 16.6. The first-order valence-corrected chi connectivity index (χ1v) is 7.19. The number of hydrogen-bond acceptors (Lipinski definition) is 3.